The Morgan fingerprint density at radius 2 is 1.58 bits per heavy atom. The highest BCUT2D eigenvalue weighted by Crippen LogP contribution is 2.22. The van der Waals surface area contributed by atoms with Crippen LogP contribution < -0.4 is 5.32 Å². The number of nitrogens with zero attached hydrogens (tertiary/aromatic N) is 1. The monoisotopic (exact) mass is 322 g/mol. The predicted octanol–water partition coefficient (Wildman–Crippen LogP) is 3.97. The minimum absolute atomic E-state index is 0.0870. The van der Waals surface area contributed by atoms with E-state index in [9.17, 15) is 4.79 Å². The van der Waals surface area contributed by atoms with Gasteiger partial charge in [0.25, 0.3) is 0 Å². The molecule has 2 aromatic carbocycles. The maximum atomic E-state index is 12.1. The molecular weight excluding hydrogens is 296 g/mol. The topological polar surface area (TPSA) is 32.3 Å². The molecular formula is C21H26N2O. The summed E-state index contributed by atoms with van der Waals surface area (Å²) in [4.78, 5) is 14.4. The van der Waals surface area contributed by atoms with E-state index in [0.717, 1.165) is 24.7 Å². The van der Waals surface area contributed by atoms with E-state index in [1.165, 1.54) is 31.2 Å². The number of likely N-dealkylation sites (tertiary alicyclic amines) is 1. The Bertz CT molecular complexity index is 619. The molecule has 0 atom stereocenters. The number of aryl methyl sites for hydroxylation is 1. The van der Waals surface area contributed by atoms with Gasteiger partial charge in [0.1, 0.15) is 0 Å². The SMILES string of the molecule is O=C(CN1CCC(CCc2ccccc2)CC1)Nc1ccccc1. The van der Waals surface area contributed by atoms with Crippen molar-refractivity contribution in [1.82, 2.24) is 4.90 Å². The summed E-state index contributed by atoms with van der Waals surface area (Å²) in [6.45, 7) is 2.56. The van der Waals surface area contributed by atoms with Crippen LogP contribution in [0.2, 0.25) is 0 Å². The average Bonchev–Trinajstić information content (AvgIpc) is 2.63. The molecule has 1 N–H and O–H groups in total. The lowest BCUT2D eigenvalue weighted by atomic mass is 9.90. The average molecular weight is 322 g/mol. The first-order valence-corrected chi connectivity index (χ1v) is 8.91. The molecule has 0 bridgehead atoms. The largest absolute Gasteiger partial charge is 0.325 e. The molecule has 0 radical (unpaired) electrons. The van der Waals surface area contributed by atoms with Crippen molar-refractivity contribution in [3.63, 3.8) is 0 Å². The van der Waals surface area contributed by atoms with Gasteiger partial charge in [0.2, 0.25) is 5.91 Å². The first-order valence-electron chi connectivity index (χ1n) is 8.91. The normalized spacial score (nSPS) is 16.0. The highest BCUT2D eigenvalue weighted by Gasteiger charge is 2.20. The second-order valence-corrected chi connectivity index (χ2v) is 6.66. The van der Waals surface area contributed by atoms with Crippen LogP contribution >= 0.6 is 0 Å². The van der Waals surface area contributed by atoms with Crippen molar-refractivity contribution in [2.45, 2.75) is 25.7 Å². The zero-order chi connectivity index (χ0) is 16.6. The van der Waals surface area contributed by atoms with Crippen molar-refractivity contribution >= 4 is 11.6 Å². The maximum Gasteiger partial charge on any atom is 0.238 e. The number of nitrogens with one attached hydrogen (secondary N) is 1. The molecule has 1 fully saturated rings. The van der Waals surface area contributed by atoms with Crippen molar-refractivity contribution in [2.24, 2.45) is 5.92 Å². The Balaban J connectivity index is 1.36. The summed E-state index contributed by atoms with van der Waals surface area (Å²) in [5.74, 6) is 0.877. The number of hydrogen-bond acceptors (Lipinski definition) is 2. The van der Waals surface area contributed by atoms with Gasteiger partial charge in [-0.25, -0.2) is 0 Å². The van der Waals surface area contributed by atoms with Crippen molar-refractivity contribution in [1.29, 1.82) is 0 Å². The summed E-state index contributed by atoms with van der Waals surface area (Å²) in [6.07, 6.45) is 4.82. The molecule has 0 spiro atoms. The Kier molecular flexibility index (Phi) is 6.02. The molecule has 0 unspecified atom stereocenters. The van der Waals surface area contributed by atoms with Gasteiger partial charge in [0.05, 0.1) is 6.54 Å². The van der Waals surface area contributed by atoms with E-state index in [4.69, 9.17) is 0 Å². The molecule has 1 aliphatic heterocycles. The molecule has 126 valence electrons. The lowest BCUT2D eigenvalue weighted by Crippen LogP contribution is -2.39. The van der Waals surface area contributed by atoms with Crippen molar-refractivity contribution in [3.8, 4) is 0 Å². The van der Waals surface area contributed by atoms with Crippen LogP contribution in [0.1, 0.15) is 24.8 Å². The molecule has 0 aromatic heterocycles. The van der Waals surface area contributed by atoms with Gasteiger partial charge in [-0.05, 0) is 62.4 Å². The highest BCUT2D eigenvalue weighted by molar-refractivity contribution is 5.92. The van der Waals surface area contributed by atoms with E-state index < -0.39 is 0 Å². The number of hydrogen-bond donors (Lipinski definition) is 1. The van der Waals surface area contributed by atoms with Crippen LogP contribution in [0, 0.1) is 5.92 Å². The van der Waals surface area contributed by atoms with Gasteiger partial charge in [-0.1, -0.05) is 48.5 Å². The van der Waals surface area contributed by atoms with Crippen LogP contribution in [0.5, 0.6) is 0 Å². The molecule has 0 aliphatic carbocycles. The summed E-state index contributed by atoms with van der Waals surface area (Å²) >= 11 is 0. The number of para-hydroxylation sites is 1. The molecule has 1 heterocycles. The Labute approximate surface area is 144 Å². The molecule has 3 rings (SSSR count). The molecule has 0 saturated carbocycles. The zero-order valence-electron chi connectivity index (χ0n) is 14.2. The van der Waals surface area contributed by atoms with Gasteiger partial charge in [0, 0.05) is 5.69 Å². The van der Waals surface area contributed by atoms with E-state index in [1.807, 2.05) is 30.3 Å². The Morgan fingerprint density at radius 1 is 0.958 bits per heavy atom. The molecule has 3 nitrogen and oxygen atoms in total. The second kappa shape index (κ2) is 8.65. The Morgan fingerprint density at radius 3 is 2.25 bits per heavy atom. The third kappa shape index (κ3) is 5.20. The minimum atomic E-state index is 0.0870. The summed E-state index contributed by atoms with van der Waals surface area (Å²) < 4.78 is 0. The predicted molar refractivity (Wildman–Crippen MR) is 99.0 cm³/mol. The summed E-state index contributed by atoms with van der Waals surface area (Å²) in [5, 5.41) is 2.97. The van der Waals surface area contributed by atoms with Gasteiger partial charge < -0.3 is 5.32 Å². The molecule has 1 aliphatic rings. The van der Waals surface area contributed by atoms with Crippen molar-refractivity contribution < 1.29 is 4.79 Å². The van der Waals surface area contributed by atoms with Crippen LogP contribution in [0.15, 0.2) is 60.7 Å². The third-order valence-electron chi connectivity index (χ3n) is 4.82. The van der Waals surface area contributed by atoms with Gasteiger partial charge in [-0.3, -0.25) is 9.69 Å². The fraction of sp³-hybridized carbons (Fsp3) is 0.381. The van der Waals surface area contributed by atoms with Crippen LogP contribution in [0.25, 0.3) is 0 Å². The lowest BCUT2D eigenvalue weighted by Gasteiger charge is -2.31. The zero-order valence-corrected chi connectivity index (χ0v) is 14.2. The van der Waals surface area contributed by atoms with E-state index in [-0.39, 0.29) is 5.91 Å². The molecule has 1 saturated heterocycles. The van der Waals surface area contributed by atoms with E-state index in [0.29, 0.717) is 6.54 Å². The van der Waals surface area contributed by atoms with E-state index in [2.05, 4.69) is 40.5 Å². The van der Waals surface area contributed by atoms with E-state index in [1.54, 1.807) is 0 Å². The fourth-order valence-corrected chi connectivity index (χ4v) is 3.37. The first-order chi connectivity index (χ1) is 11.8. The fourth-order valence-electron chi connectivity index (χ4n) is 3.37. The number of anilines is 1. The highest BCUT2D eigenvalue weighted by atomic mass is 16.2. The second-order valence-electron chi connectivity index (χ2n) is 6.66. The van der Waals surface area contributed by atoms with Crippen LogP contribution in [-0.4, -0.2) is 30.4 Å². The summed E-state index contributed by atoms with van der Waals surface area (Å²) in [7, 11) is 0. The first kappa shape index (κ1) is 16.7. The number of amides is 1. The minimum Gasteiger partial charge on any atom is -0.325 e. The standard InChI is InChI=1S/C21H26N2O/c24-21(22-20-9-5-2-6-10-20)17-23-15-13-19(14-16-23)12-11-18-7-3-1-4-8-18/h1-10,19H,11-17H2,(H,22,24). The molecule has 3 heteroatoms. The summed E-state index contributed by atoms with van der Waals surface area (Å²) in [5.41, 5.74) is 2.31. The van der Waals surface area contributed by atoms with Crippen molar-refractivity contribution in [3.05, 3.63) is 66.2 Å². The third-order valence-corrected chi connectivity index (χ3v) is 4.82. The smallest absolute Gasteiger partial charge is 0.238 e. The van der Waals surface area contributed by atoms with Crippen LogP contribution in [-0.2, 0) is 11.2 Å². The number of rotatable bonds is 6. The quantitative estimate of drug-likeness (QED) is 0.873. The summed E-state index contributed by atoms with van der Waals surface area (Å²) in [6, 6.07) is 20.4. The number of benzene rings is 2. The van der Waals surface area contributed by atoms with Crippen molar-refractivity contribution in [2.75, 3.05) is 25.0 Å². The van der Waals surface area contributed by atoms with Gasteiger partial charge >= 0.3 is 0 Å². The van der Waals surface area contributed by atoms with Crippen LogP contribution in [0.4, 0.5) is 5.69 Å². The number of piperidine rings is 1. The maximum absolute atomic E-state index is 12.1. The molecule has 24 heavy (non-hydrogen) atoms. The lowest BCUT2D eigenvalue weighted by molar-refractivity contribution is -0.117. The Hall–Kier alpha value is -2.13. The van der Waals surface area contributed by atoms with Gasteiger partial charge in [-0.15, -0.1) is 0 Å². The van der Waals surface area contributed by atoms with Gasteiger partial charge in [0.15, 0.2) is 0 Å². The van der Waals surface area contributed by atoms with Crippen LogP contribution in [0.3, 0.4) is 0 Å². The number of carbonyl (C=O) groups excluding carboxylic acids is 1. The molecule has 2 aromatic rings. The van der Waals surface area contributed by atoms with E-state index >= 15 is 0 Å². The number of carbonyl (C=O) groups is 1. The van der Waals surface area contributed by atoms with Gasteiger partial charge in [-0.2, -0.15) is 0 Å². The molecule has 1 amide bonds.